The molecule has 0 unspecified atom stereocenters. The van der Waals surface area contributed by atoms with Crippen LogP contribution in [0.3, 0.4) is 0 Å². The first kappa shape index (κ1) is 16.6. The molecule has 1 aromatic heterocycles. The van der Waals surface area contributed by atoms with Crippen molar-refractivity contribution in [2.45, 2.75) is 18.8 Å². The van der Waals surface area contributed by atoms with Crippen LogP contribution in [0.2, 0.25) is 0 Å². The van der Waals surface area contributed by atoms with Gasteiger partial charge in [-0.3, -0.25) is 4.79 Å². The molecule has 2 heterocycles. The monoisotopic (exact) mass is 325 g/mol. The van der Waals surface area contributed by atoms with Gasteiger partial charge in [0.05, 0.1) is 19.6 Å². The van der Waals surface area contributed by atoms with E-state index >= 15 is 0 Å². The molecule has 6 heteroatoms. The Balaban J connectivity index is 0.00000176. The van der Waals surface area contributed by atoms with Crippen LogP contribution in [-0.2, 0) is 0 Å². The van der Waals surface area contributed by atoms with Gasteiger partial charge in [0.2, 0.25) is 5.75 Å². The number of piperidine rings is 1. The summed E-state index contributed by atoms with van der Waals surface area (Å²) in [6, 6.07) is 5.06. The van der Waals surface area contributed by atoms with Gasteiger partial charge in [-0.1, -0.05) is 0 Å². The summed E-state index contributed by atoms with van der Waals surface area (Å²) in [4.78, 5) is 12.3. The van der Waals surface area contributed by atoms with Gasteiger partial charge < -0.3 is 19.2 Å². The van der Waals surface area contributed by atoms with Crippen molar-refractivity contribution < 1.29 is 13.9 Å². The molecule has 0 saturated carbocycles. The Hall–Kier alpha value is -1.72. The van der Waals surface area contributed by atoms with Crippen molar-refractivity contribution in [2.75, 3.05) is 27.3 Å². The van der Waals surface area contributed by atoms with Gasteiger partial charge in [-0.05, 0) is 38.1 Å². The molecule has 3 rings (SSSR count). The van der Waals surface area contributed by atoms with Crippen molar-refractivity contribution in [2.24, 2.45) is 0 Å². The van der Waals surface area contributed by atoms with Crippen LogP contribution >= 0.6 is 12.4 Å². The van der Waals surface area contributed by atoms with Gasteiger partial charge in [0.25, 0.3) is 0 Å². The van der Waals surface area contributed by atoms with Gasteiger partial charge in [-0.2, -0.15) is 0 Å². The van der Waals surface area contributed by atoms with E-state index in [1.807, 2.05) is 0 Å². The van der Waals surface area contributed by atoms with Crippen LogP contribution in [0.4, 0.5) is 0 Å². The standard InChI is InChI=1S/C16H19NO4.ClH/c1-19-13-4-3-11-12(18)9-14(10-5-7-17-8-6-10)21-15(11)16(13)20-2;/h3-4,9-10,17H,5-8H2,1-2H3;1H. The molecule has 1 aliphatic rings. The summed E-state index contributed by atoms with van der Waals surface area (Å²) < 4.78 is 16.7. The van der Waals surface area contributed by atoms with Gasteiger partial charge in [0.1, 0.15) is 5.76 Å². The quantitative estimate of drug-likeness (QED) is 0.940. The minimum absolute atomic E-state index is 0. The topological polar surface area (TPSA) is 60.7 Å². The maximum atomic E-state index is 12.3. The molecule has 5 nitrogen and oxygen atoms in total. The number of benzene rings is 1. The van der Waals surface area contributed by atoms with E-state index in [0.717, 1.165) is 31.7 Å². The molecule has 0 bridgehead atoms. The fraction of sp³-hybridized carbons (Fsp3) is 0.438. The molecule has 0 spiro atoms. The van der Waals surface area contributed by atoms with Crippen molar-refractivity contribution in [1.82, 2.24) is 5.32 Å². The Morgan fingerprint density at radius 1 is 1.18 bits per heavy atom. The number of ether oxygens (including phenoxy) is 2. The van der Waals surface area contributed by atoms with E-state index in [4.69, 9.17) is 13.9 Å². The smallest absolute Gasteiger partial charge is 0.204 e. The molecule has 0 radical (unpaired) electrons. The lowest BCUT2D eigenvalue weighted by Crippen LogP contribution is -2.27. The van der Waals surface area contributed by atoms with Gasteiger partial charge in [0, 0.05) is 12.0 Å². The summed E-state index contributed by atoms with van der Waals surface area (Å²) in [5.41, 5.74) is 0.434. The molecule has 0 atom stereocenters. The fourth-order valence-electron chi connectivity index (χ4n) is 2.86. The largest absolute Gasteiger partial charge is 0.493 e. The lowest BCUT2D eigenvalue weighted by molar-refractivity contribution is 0.346. The molecular formula is C16H20ClNO4. The zero-order chi connectivity index (χ0) is 14.8. The van der Waals surface area contributed by atoms with Crippen LogP contribution in [-0.4, -0.2) is 27.3 Å². The van der Waals surface area contributed by atoms with E-state index in [2.05, 4.69) is 5.32 Å². The van der Waals surface area contributed by atoms with Gasteiger partial charge in [-0.25, -0.2) is 0 Å². The second-order valence-electron chi connectivity index (χ2n) is 5.22. The highest BCUT2D eigenvalue weighted by molar-refractivity contribution is 5.85. The highest BCUT2D eigenvalue weighted by atomic mass is 35.5. The van der Waals surface area contributed by atoms with Crippen LogP contribution < -0.4 is 20.2 Å². The predicted molar refractivity (Wildman–Crippen MR) is 87.7 cm³/mol. The Kier molecular flexibility index (Phi) is 5.32. The highest BCUT2D eigenvalue weighted by Gasteiger charge is 2.21. The first-order valence-electron chi connectivity index (χ1n) is 7.14. The maximum absolute atomic E-state index is 12.3. The minimum Gasteiger partial charge on any atom is -0.493 e. The summed E-state index contributed by atoms with van der Waals surface area (Å²) in [7, 11) is 3.12. The zero-order valence-electron chi connectivity index (χ0n) is 12.7. The van der Waals surface area contributed by atoms with Crippen LogP contribution in [0.1, 0.15) is 24.5 Å². The average Bonchev–Trinajstić information content (AvgIpc) is 2.54. The number of hydrogen-bond acceptors (Lipinski definition) is 5. The Morgan fingerprint density at radius 3 is 2.55 bits per heavy atom. The van der Waals surface area contributed by atoms with Crippen molar-refractivity contribution in [1.29, 1.82) is 0 Å². The lowest BCUT2D eigenvalue weighted by atomic mass is 9.95. The van der Waals surface area contributed by atoms with Crippen molar-refractivity contribution in [3.8, 4) is 11.5 Å². The second kappa shape index (κ2) is 7.03. The van der Waals surface area contributed by atoms with Gasteiger partial charge in [-0.15, -0.1) is 12.4 Å². The molecule has 1 fully saturated rings. The summed E-state index contributed by atoms with van der Waals surface area (Å²) in [6.45, 7) is 1.89. The number of nitrogens with one attached hydrogen (secondary N) is 1. The Bertz CT molecular complexity index is 707. The Labute approximate surface area is 135 Å². The summed E-state index contributed by atoms with van der Waals surface area (Å²) >= 11 is 0. The third-order valence-electron chi connectivity index (χ3n) is 4.00. The summed E-state index contributed by atoms with van der Waals surface area (Å²) in [5.74, 6) is 2.05. The molecule has 0 amide bonds. The van der Waals surface area contributed by atoms with E-state index in [9.17, 15) is 4.79 Å². The van der Waals surface area contributed by atoms with E-state index in [1.54, 1.807) is 32.4 Å². The van der Waals surface area contributed by atoms with E-state index in [0.29, 0.717) is 22.5 Å². The molecule has 22 heavy (non-hydrogen) atoms. The van der Waals surface area contributed by atoms with Gasteiger partial charge in [0.15, 0.2) is 16.8 Å². The molecule has 1 aliphatic heterocycles. The summed E-state index contributed by atoms with van der Waals surface area (Å²) in [5, 5.41) is 3.83. The second-order valence-corrected chi connectivity index (χ2v) is 5.22. The molecular weight excluding hydrogens is 306 g/mol. The fourth-order valence-corrected chi connectivity index (χ4v) is 2.86. The van der Waals surface area contributed by atoms with Crippen LogP contribution in [0.5, 0.6) is 11.5 Å². The first-order valence-corrected chi connectivity index (χ1v) is 7.14. The molecule has 2 aromatic rings. The van der Waals surface area contributed by atoms with Gasteiger partial charge >= 0.3 is 0 Å². The third kappa shape index (κ3) is 2.91. The molecule has 1 aromatic carbocycles. The molecule has 120 valence electrons. The zero-order valence-corrected chi connectivity index (χ0v) is 13.5. The average molecular weight is 326 g/mol. The SMILES string of the molecule is COc1ccc2c(=O)cc(C3CCNCC3)oc2c1OC.Cl. The number of methoxy groups -OCH3 is 2. The molecule has 0 aliphatic carbocycles. The van der Waals surface area contributed by atoms with Crippen molar-refractivity contribution in [3.63, 3.8) is 0 Å². The van der Waals surface area contributed by atoms with Crippen LogP contribution in [0.15, 0.2) is 27.4 Å². The van der Waals surface area contributed by atoms with Crippen molar-refractivity contribution in [3.05, 3.63) is 34.2 Å². The lowest BCUT2D eigenvalue weighted by Gasteiger charge is -2.22. The third-order valence-corrected chi connectivity index (χ3v) is 4.00. The van der Waals surface area contributed by atoms with Crippen LogP contribution in [0, 0.1) is 0 Å². The minimum atomic E-state index is -0.0364. The normalized spacial score (nSPS) is 15.4. The Morgan fingerprint density at radius 2 is 1.91 bits per heavy atom. The van der Waals surface area contributed by atoms with E-state index in [1.165, 1.54) is 0 Å². The van der Waals surface area contributed by atoms with E-state index < -0.39 is 0 Å². The highest BCUT2D eigenvalue weighted by Crippen LogP contribution is 2.36. The summed E-state index contributed by atoms with van der Waals surface area (Å²) in [6.07, 6.45) is 1.95. The molecule has 1 saturated heterocycles. The van der Waals surface area contributed by atoms with E-state index in [-0.39, 0.29) is 23.8 Å². The maximum Gasteiger partial charge on any atom is 0.204 e. The number of halogens is 1. The van der Waals surface area contributed by atoms with Crippen molar-refractivity contribution >= 4 is 23.4 Å². The first-order chi connectivity index (χ1) is 10.2. The number of fused-ring (bicyclic) bond motifs is 1. The van der Waals surface area contributed by atoms with Crippen LogP contribution in [0.25, 0.3) is 11.0 Å². The number of rotatable bonds is 3. The number of hydrogen-bond donors (Lipinski definition) is 1. The molecule has 1 N–H and O–H groups in total. The predicted octanol–water partition coefficient (Wildman–Crippen LogP) is 2.70.